The fourth-order valence-corrected chi connectivity index (χ4v) is 5.08. The number of likely N-dealkylation sites (tertiary alicyclic amines) is 2. The van der Waals surface area contributed by atoms with Crippen LogP contribution in [-0.4, -0.2) is 59.0 Å². The predicted molar refractivity (Wildman–Crippen MR) is 104 cm³/mol. The molecule has 1 saturated carbocycles. The molecule has 0 unspecified atom stereocenters. The second kappa shape index (κ2) is 7.11. The summed E-state index contributed by atoms with van der Waals surface area (Å²) >= 11 is 0. The standard InChI is InChI=1S/C21H27N3O4/c1-14-16(18(25)23-10-2-3-11-23)7-4-8-17(14)22-20(28)24-12-15-6-5-9-21(15,13-24)19(26)27/h4,7-8,15H,2-3,5-6,9-13H2,1H3,(H,22,28)(H,26,27)/t15-,21+/m0/s1. The molecule has 28 heavy (non-hydrogen) atoms. The summed E-state index contributed by atoms with van der Waals surface area (Å²) in [6, 6.07) is 5.08. The van der Waals surface area contributed by atoms with Crippen molar-refractivity contribution in [1.29, 1.82) is 0 Å². The Morgan fingerprint density at radius 2 is 1.89 bits per heavy atom. The molecule has 2 saturated heterocycles. The number of fused-ring (bicyclic) bond motifs is 1. The van der Waals surface area contributed by atoms with Crippen LogP contribution in [0.1, 0.15) is 48.0 Å². The highest BCUT2D eigenvalue weighted by Crippen LogP contribution is 2.49. The molecule has 150 valence electrons. The molecule has 3 fully saturated rings. The minimum Gasteiger partial charge on any atom is -0.481 e. The normalized spacial score (nSPS) is 26.4. The maximum atomic E-state index is 12.8. The van der Waals surface area contributed by atoms with Crippen molar-refractivity contribution in [1.82, 2.24) is 9.80 Å². The SMILES string of the molecule is Cc1c(NC(=O)N2C[C@@H]3CCC[C@@]3(C(=O)O)C2)cccc1C(=O)N1CCCC1. The number of carbonyl (C=O) groups is 3. The number of aliphatic carboxylic acids is 1. The predicted octanol–water partition coefficient (Wildman–Crippen LogP) is 2.95. The molecule has 2 N–H and O–H groups in total. The van der Waals surface area contributed by atoms with E-state index in [4.69, 9.17) is 0 Å². The summed E-state index contributed by atoms with van der Waals surface area (Å²) in [5, 5.41) is 12.6. The zero-order valence-corrected chi connectivity index (χ0v) is 16.2. The van der Waals surface area contributed by atoms with Crippen LogP contribution in [0.25, 0.3) is 0 Å². The fraction of sp³-hybridized carbons (Fsp3) is 0.571. The molecule has 3 amide bonds. The first-order valence-corrected chi connectivity index (χ1v) is 10.1. The summed E-state index contributed by atoms with van der Waals surface area (Å²) in [6.07, 6.45) is 4.46. The highest BCUT2D eigenvalue weighted by Gasteiger charge is 2.55. The van der Waals surface area contributed by atoms with Crippen molar-refractivity contribution in [2.24, 2.45) is 11.3 Å². The first-order valence-electron chi connectivity index (χ1n) is 10.1. The van der Waals surface area contributed by atoms with Gasteiger partial charge in [-0.3, -0.25) is 9.59 Å². The Balaban J connectivity index is 1.49. The number of amides is 3. The first-order chi connectivity index (χ1) is 13.4. The van der Waals surface area contributed by atoms with Gasteiger partial charge in [-0.05, 0) is 56.2 Å². The van der Waals surface area contributed by atoms with Crippen molar-refractivity contribution < 1.29 is 19.5 Å². The summed E-state index contributed by atoms with van der Waals surface area (Å²) in [5.74, 6) is -0.758. The van der Waals surface area contributed by atoms with E-state index in [9.17, 15) is 19.5 Å². The van der Waals surface area contributed by atoms with Crippen LogP contribution >= 0.6 is 0 Å². The lowest BCUT2D eigenvalue weighted by Crippen LogP contribution is -2.38. The van der Waals surface area contributed by atoms with E-state index in [1.807, 2.05) is 11.8 Å². The van der Waals surface area contributed by atoms with Crippen LogP contribution in [-0.2, 0) is 4.79 Å². The van der Waals surface area contributed by atoms with Gasteiger partial charge in [-0.25, -0.2) is 4.79 Å². The number of rotatable bonds is 3. The molecule has 4 rings (SSSR count). The van der Waals surface area contributed by atoms with Crippen molar-refractivity contribution in [3.8, 4) is 0 Å². The van der Waals surface area contributed by atoms with Crippen LogP contribution < -0.4 is 5.32 Å². The fourth-order valence-electron chi connectivity index (χ4n) is 5.08. The lowest BCUT2D eigenvalue weighted by atomic mass is 9.81. The van der Waals surface area contributed by atoms with Crippen molar-refractivity contribution in [2.45, 2.75) is 39.0 Å². The third kappa shape index (κ3) is 3.02. The molecule has 3 aliphatic rings. The molecule has 7 nitrogen and oxygen atoms in total. The molecule has 0 radical (unpaired) electrons. The minimum atomic E-state index is -0.792. The van der Waals surface area contributed by atoms with Crippen LogP contribution in [0, 0.1) is 18.3 Å². The summed E-state index contributed by atoms with van der Waals surface area (Å²) < 4.78 is 0. The first kappa shape index (κ1) is 18.8. The highest BCUT2D eigenvalue weighted by atomic mass is 16.4. The number of anilines is 1. The van der Waals surface area contributed by atoms with E-state index >= 15 is 0 Å². The van der Waals surface area contributed by atoms with E-state index in [0.717, 1.165) is 44.3 Å². The van der Waals surface area contributed by atoms with E-state index in [2.05, 4.69) is 5.32 Å². The van der Waals surface area contributed by atoms with Crippen LogP contribution in [0.3, 0.4) is 0 Å². The Hall–Kier alpha value is -2.57. The van der Waals surface area contributed by atoms with Crippen molar-refractivity contribution in [2.75, 3.05) is 31.5 Å². The summed E-state index contributed by atoms with van der Waals surface area (Å²) in [6.45, 7) is 4.13. The number of benzene rings is 1. The molecule has 2 atom stereocenters. The van der Waals surface area contributed by atoms with E-state index in [1.54, 1.807) is 23.1 Å². The van der Waals surface area contributed by atoms with E-state index in [0.29, 0.717) is 24.2 Å². The molecular weight excluding hydrogens is 358 g/mol. The van der Waals surface area contributed by atoms with Gasteiger partial charge in [0, 0.05) is 37.4 Å². The molecule has 7 heteroatoms. The summed E-state index contributed by atoms with van der Waals surface area (Å²) in [7, 11) is 0. The number of hydrogen-bond acceptors (Lipinski definition) is 3. The third-order valence-corrected chi connectivity index (χ3v) is 6.78. The molecule has 1 aliphatic carbocycles. The van der Waals surface area contributed by atoms with Gasteiger partial charge in [-0.2, -0.15) is 0 Å². The van der Waals surface area contributed by atoms with Gasteiger partial charge in [-0.1, -0.05) is 12.5 Å². The molecule has 1 aromatic carbocycles. The average Bonchev–Trinajstić information content (AvgIpc) is 3.38. The van der Waals surface area contributed by atoms with E-state index < -0.39 is 11.4 Å². The Bertz CT molecular complexity index is 818. The lowest BCUT2D eigenvalue weighted by Gasteiger charge is -2.24. The third-order valence-electron chi connectivity index (χ3n) is 6.78. The molecule has 2 heterocycles. The second-order valence-electron chi connectivity index (χ2n) is 8.34. The zero-order valence-electron chi connectivity index (χ0n) is 16.2. The number of hydrogen-bond donors (Lipinski definition) is 2. The quantitative estimate of drug-likeness (QED) is 0.837. The number of nitrogens with zero attached hydrogens (tertiary/aromatic N) is 2. The topological polar surface area (TPSA) is 90.0 Å². The molecule has 2 aliphatic heterocycles. The molecule has 0 spiro atoms. The summed E-state index contributed by atoms with van der Waals surface area (Å²) in [4.78, 5) is 40.9. The Kier molecular flexibility index (Phi) is 4.77. The van der Waals surface area contributed by atoms with Crippen LogP contribution in [0.15, 0.2) is 18.2 Å². The molecule has 0 aromatic heterocycles. The van der Waals surface area contributed by atoms with Crippen LogP contribution in [0.5, 0.6) is 0 Å². The van der Waals surface area contributed by atoms with Gasteiger partial charge < -0.3 is 20.2 Å². The highest BCUT2D eigenvalue weighted by molar-refractivity contribution is 5.99. The molecular formula is C21H27N3O4. The Morgan fingerprint density at radius 1 is 1.14 bits per heavy atom. The van der Waals surface area contributed by atoms with Gasteiger partial charge in [-0.15, -0.1) is 0 Å². The number of nitrogens with one attached hydrogen (secondary N) is 1. The van der Waals surface area contributed by atoms with Crippen molar-refractivity contribution in [3.63, 3.8) is 0 Å². The second-order valence-corrected chi connectivity index (χ2v) is 8.34. The molecule has 0 bridgehead atoms. The van der Waals surface area contributed by atoms with Gasteiger partial charge in [0.05, 0.1) is 5.41 Å². The zero-order chi connectivity index (χ0) is 19.9. The van der Waals surface area contributed by atoms with Crippen molar-refractivity contribution >= 4 is 23.6 Å². The van der Waals surface area contributed by atoms with Gasteiger partial charge in [0.1, 0.15) is 0 Å². The van der Waals surface area contributed by atoms with Gasteiger partial charge >= 0.3 is 12.0 Å². The maximum absolute atomic E-state index is 12.8. The minimum absolute atomic E-state index is 0.00614. The Labute approximate surface area is 164 Å². The van der Waals surface area contributed by atoms with E-state index in [1.165, 1.54) is 0 Å². The Morgan fingerprint density at radius 3 is 2.57 bits per heavy atom. The van der Waals surface area contributed by atoms with Crippen molar-refractivity contribution in [3.05, 3.63) is 29.3 Å². The van der Waals surface area contributed by atoms with Gasteiger partial charge in [0.25, 0.3) is 5.91 Å². The smallest absolute Gasteiger partial charge is 0.321 e. The molecule has 1 aromatic rings. The van der Waals surface area contributed by atoms with Crippen LogP contribution in [0.4, 0.5) is 10.5 Å². The largest absolute Gasteiger partial charge is 0.481 e. The van der Waals surface area contributed by atoms with Gasteiger partial charge in [0.2, 0.25) is 0 Å². The number of carboxylic acid groups (broad SMARTS) is 1. The number of urea groups is 1. The van der Waals surface area contributed by atoms with Crippen LogP contribution in [0.2, 0.25) is 0 Å². The van der Waals surface area contributed by atoms with E-state index in [-0.39, 0.29) is 24.4 Å². The number of carboxylic acids is 1. The monoisotopic (exact) mass is 385 g/mol. The lowest BCUT2D eigenvalue weighted by molar-refractivity contribution is -0.149. The summed E-state index contributed by atoms with van der Waals surface area (Å²) in [5.41, 5.74) is 1.18. The average molecular weight is 385 g/mol. The van der Waals surface area contributed by atoms with Gasteiger partial charge in [0.15, 0.2) is 0 Å². The maximum Gasteiger partial charge on any atom is 0.321 e. The number of carbonyl (C=O) groups excluding carboxylic acids is 2.